The van der Waals surface area contributed by atoms with Crippen LogP contribution in [0.25, 0.3) is 6.08 Å². The lowest BCUT2D eigenvalue weighted by Crippen LogP contribution is -2.36. The highest BCUT2D eigenvalue weighted by molar-refractivity contribution is 7.80. The summed E-state index contributed by atoms with van der Waals surface area (Å²) >= 11 is 5.15. The number of nitrogens with zero attached hydrogens (tertiary/aromatic N) is 3. The fraction of sp³-hybridized carbons (Fsp3) is 0.267. The number of thiocarbonyl (C=S) groups is 1. The molecule has 10 nitrogen and oxygen atoms in total. The molecule has 1 N–H and O–H groups in total. The minimum absolute atomic E-state index is 0.0897. The second-order valence-corrected chi connectivity index (χ2v) is 5.55. The third-order valence-electron chi connectivity index (χ3n) is 3.66. The van der Waals surface area contributed by atoms with E-state index in [1.807, 2.05) is 0 Å². The molecule has 11 heteroatoms. The molecule has 1 aromatic carbocycles. The third kappa shape index (κ3) is 3.42. The van der Waals surface area contributed by atoms with Gasteiger partial charge in [-0.2, -0.15) is 0 Å². The van der Waals surface area contributed by atoms with Crippen LogP contribution in [0.1, 0.15) is 5.56 Å². The van der Waals surface area contributed by atoms with Crippen molar-refractivity contribution in [2.24, 2.45) is 0 Å². The van der Waals surface area contributed by atoms with Crippen molar-refractivity contribution >= 4 is 41.0 Å². The Hall–Kier alpha value is -3.21. The summed E-state index contributed by atoms with van der Waals surface area (Å²) in [5.74, 6) is -1.93. The van der Waals surface area contributed by atoms with Crippen molar-refractivity contribution in [3.63, 3.8) is 0 Å². The molecule has 1 saturated heterocycles. The number of hydrogen-bond donors (Lipinski definition) is 1. The molecule has 1 aliphatic heterocycles. The standard InChI is InChI=1S/C15H15N3O7S/c1-16-10(14(21)17(15(16)26)7-12(19)25-3)5-8-4-9(18(22)23)13(20)11(6-8)24-2/h4-6,20H,7H2,1-3H3/b10-5-. The first-order valence-electron chi connectivity index (χ1n) is 7.14. The Kier molecular flexibility index (Phi) is 5.41. The highest BCUT2D eigenvalue weighted by Crippen LogP contribution is 2.37. The molecule has 1 aromatic rings. The first-order valence-corrected chi connectivity index (χ1v) is 7.55. The number of methoxy groups -OCH3 is 2. The Morgan fingerprint density at radius 3 is 2.62 bits per heavy atom. The van der Waals surface area contributed by atoms with Gasteiger partial charge in [0, 0.05) is 13.1 Å². The number of likely N-dealkylation sites (N-methyl/N-ethyl adjacent to an activating group) is 1. The Bertz CT molecular complexity index is 837. The summed E-state index contributed by atoms with van der Waals surface area (Å²) in [4.78, 5) is 36.7. The number of carbonyl (C=O) groups excluding carboxylic acids is 2. The highest BCUT2D eigenvalue weighted by Gasteiger charge is 2.37. The van der Waals surface area contributed by atoms with Gasteiger partial charge in [0.05, 0.1) is 19.1 Å². The van der Waals surface area contributed by atoms with Crippen LogP contribution in [-0.4, -0.2) is 64.6 Å². The van der Waals surface area contributed by atoms with E-state index < -0.39 is 28.2 Å². The van der Waals surface area contributed by atoms with Crippen molar-refractivity contribution in [1.29, 1.82) is 0 Å². The molecule has 26 heavy (non-hydrogen) atoms. The molecule has 2 rings (SSSR count). The zero-order valence-electron chi connectivity index (χ0n) is 14.1. The van der Waals surface area contributed by atoms with E-state index in [9.17, 15) is 24.8 Å². The Morgan fingerprint density at radius 2 is 2.08 bits per heavy atom. The fourth-order valence-electron chi connectivity index (χ4n) is 2.29. The smallest absolute Gasteiger partial charge is 0.325 e. The molecule has 0 saturated carbocycles. The molecule has 0 radical (unpaired) electrons. The van der Waals surface area contributed by atoms with Crippen LogP contribution in [0.5, 0.6) is 11.5 Å². The first kappa shape index (κ1) is 19.1. The summed E-state index contributed by atoms with van der Waals surface area (Å²) in [5.41, 5.74) is -0.233. The van der Waals surface area contributed by atoms with Gasteiger partial charge >= 0.3 is 11.7 Å². The molecule has 138 valence electrons. The summed E-state index contributed by atoms with van der Waals surface area (Å²) in [7, 11) is 3.96. The van der Waals surface area contributed by atoms with Gasteiger partial charge in [0.1, 0.15) is 12.2 Å². The number of nitro groups is 1. The van der Waals surface area contributed by atoms with Crippen LogP contribution in [0, 0.1) is 10.1 Å². The summed E-state index contributed by atoms with van der Waals surface area (Å²) < 4.78 is 9.46. The van der Waals surface area contributed by atoms with Crippen LogP contribution >= 0.6 is 12.2 Å². The molecule has 0 bridgehead atoms. The maximum atomic E-state index is 12.5. The molecular weight excluding hydrogens is 366 g/mol. The Morgan fingerprint density at radius 1 is 1.42 bits per heavy atom. The lowest BCUT2D eigenvalue weighted by molar-refractivity contribution is -0.386. The molecule has 1 aliphatic rings. The SMILES string of the molecule is COC(=O)CN1C(=O)/C(=C/c2cc(OC)c(O)c([N+](=O)[O-])c2)N(C)C1=S. The number of phenolic OH excluding ortho intramolecular Hbond substituents is 1. The average Bonchev–Trinajstić information content (AvgIpc) is 2.80. The number of amides is 1. The van der Waals surface area contributed by atoms with Crippen LogP contribution < -0.4 is 4.74 Å². The van der Waals surface area contributed by atoms with E-state index in [1.165, 1.54) is 38.3 Å². The van der Waals surface area contributed by atoms with Gasteiger partial charge in [-0.15, -0.1) is 0 Å². The summed E-state index contributed by atoms with van der Waals surface area (Å²) in [5, 5.41) is 21.0. The average molecular weight is 381 g/mol. The van der Waals surface area contributed by atoms with Gasteiger partial charge < -0.3 is 19.5 Å². The van der Waals surface area contributed by atoms with Gasteiger partial charge in [-0.25, -0.2) is 0 Å². The van der Waals surface area contributed by atoms with Gasteiger partial charge in [-0.05, 0) is 29.9 Å². The predicted molar refractivity (Wildman–Crippen MR) is 93.4 cm³/mol. The summed E-state index contributed by atoms with van der Waals surface area (Å²) in [6.07, 6.45) is 1.35. The second-order valence-electron chi connectivity index (χ2n) is 5.19. The van der Waals surface area contributed by atoms with E-state index in [-0.39, 0.29) is 28.7 Å². The molecule has 0 aliphatic carbocycles. The molecule has 1 amide bonds. The van der Waals surface area contributed by atoms with E-state index in [0.29, 0.717) is 0 Å². The maximum absolute atomic E-state index is 12.5. The number of esters is 1. The van der Waals surface area contributed by atoms with Crippen molar-refractivity contribution in [1.82, 2.24) is 9.80 Å². The number of carbonyl (C=O) groups is 2. The van der Waals surface area contributed by atoms with Gasteiger partial charge in [-0.3, -0.25) is 24.6 Å². The lowest BCUT2D eigenvalue weighted by atomic mass is 10.1. The monoisotopic (exact) mass is 381 g/mol. The highest BCUT2D eigenvalue weighted by atomic mass is 32.1. The van der Waals surface area contributed by atoms with Crippen LogP contribution in [0.3, 0.4) is 0 Å². The quantitative estimate of drug-likeness (QED) is 0.260. The molecule has 0 atom stereocenters. The number of nitro benzene ring substituents is 1. The van der Waals surface area contributed by atoms with E-state index >= 15 is 0 Å². The van der Waals surface area contributed by atoms with Crippen LogP contribution in [0.15, 0.2) is 17.8 Å². The molecule has 1 fully saturated rings. The second kappa shape index (κ2) is 7.35. The molecule has 0 aromatic heterocycles. The number of aromatic hydroxyl groups is 1. The van der Waals surface area contributed by atoms with E-state index in [0.717, 1.165) is 11.0 Å². The van der Waals surface area contributed by atoms with Gasteiger partial charge in [0.25, 0.3) is 5.91 Å². The third-order valence-corrected chi connectivity index (χ3v) is 4.15. The molecular formula is C15H15N3O7S. The number of rotatable bonds is 5. The Balaban J connectivity index is 2.47. The zero-order chi connectivity index (χ0) is 19.6. The van der Waals surface area contributed by atoms with Crippen molar-refractivity contribution in [3.8, 4) is 11.5 Å². The largest absolute Gasteiger partial charge is 0.500 e. The van der Waals surface area contributed by atoms with E-state index in [4.69, 9.17) is 17.0 Å². The van der Waals surface area contributed by atoms with E-state index in [2.05, 4.69) is 4.74 Å². The van der Waals surface area contributed by atoms with Crippen LogP contribution in [0.4, 0.5) is 5.69 Å². The van der Waals surface area contributed by atoms with E-state index in [1.54, 1.807) is 0 Å². The molecule has 1 heterocycles. The summed E-state index contributed by atoms with van der Waals surface area (Å²) in [6.45, 7) is -0.352. The Labute approximate surface area is 153 Å². The fourth-order valence-corrected chi connectivity index (χ4v) is 2.54. The van der Waals surface area contributed by atoms with Gasteiger partial charge in [0.2, 0.25) is 5.75 Å². The normalized spacial score (nSPS) is 15.6. The van der Waals surface area contributed by atoms with Crippen molar-refractivity contribution in [3.05, 3.63) is 33.5 Å². The number of ether oxygens (including phenoxy) is 2. The topological polar surface area (TPSA) is 122 Å². The number of benzene rings is 1. The molecule has 0 spiro atoms. The maximum Gasteiger partial charge on any atom is 0.325 e. The van der Waals surface area contributed by atoms with Crippen molar-refractivity contribution in [2.75, 3.05) is 27.8 Å². The zero-order valence-corrected chi connectivity index (χ0v) is 14.9. The van der Waals surface area contributed by atoms with Crippen LogP contribution in [-0.2, 0) is 14.3 Å². The van der Waals surface area contributed by atoms with Crippen molar-refractivity contribution < 1.29 is 29.1 Å². The number of hydrogen-bond acceptors (Lipinski definition) is 8. The lowest BCUT2D eigenvalue weighted by Gasteiger charge is -2.14. The van der Waals surface area contributed by atoms with Crippen molar-refractivity contribution in [2.45, 2.75) is 0 Å². The predicted octanol–water partition coefficient (Wildman–Crippen LogP) is 0.882. The van der Waals surface area contributed by atoms with Crippen LogP contribution in [0.2, 0.25) is 0 Å². The van der Waals surface area contributed by atoms with Gasteiger partial charge in [0.15, 0.2) is 10.9 Å². The first-order chi connectivity index (χ1) is 12.2. The minimum atomic E-state index is -0.770. The molecule has 0 unspecified atom stereocenters. The number of phenols is 1. The minimum Gasteiger partial charge on any atom is -0.500 e. The summed E-state index contributed by atoms with van der Waals surface area (Å²) in [6, 6.07) is 2.43. The van der Waals surface area contributed by atoms with Gasteiger partial charge in [-0.1, -0.05) is 0 Å².